The number of rotatable bonds is 2. The second-order valence-electron chi connectivity index (χ2n) is 4.52. The van der Waals surface area contributed by atoms with Crippen LogP contribution in [0.1, 0.15) is 12.5 Å². The Morgan fingerprint density at radius 2 is 1.71 bits per heavy atom. The van der Waals surface area contributed by atoms with Crippen LogP contribution in [0.4, 0.5) is 11.4 Å². The molecule has 0 atom stereocenters. The molecule has 0 saturated heterocycles. The van der Waals surface area contributed by atoms with E-state index in [9.17, 15) is 9.59 Å². The quantitative estimate of drug-likeness (QED) is 0.627. The van der Waals surface area contributed by atoms with E-state index in [1.807, 2.05) is 48.5 Å². The zero-order valence-corrected chi connectivity index (χ0v) is 11.3. The lowest BCUT2D eigenvalue weighted by Crippen LogP contribution is -2.25. The number of nitrogens with zero attached hydrogens (tertiary/aromatic N) is 2. The molecule has 2 aromatic carbocycles. The summed E-state index contributed by atoms with van der Waals surface area (Å²) in [7, 11) is 0. The smallest absolute Gasteiger partial charge is 0.318 e. The maximum atomic E-state index is 12.6. The number of carbonyl (C=O) groups is 2. The standard InChI is InChI=1S/C16H12N2O3/c1-11(19)21-17-15-13-9-5-6-10-14(13)18(16(15)20)12-7-3-2-4-8-12/h2-10H,1H3/b17-15-. The van der Waals surface area contributed by atoms with Crippen molar-refractivity contribution < 1.29 is 14.4 Å². The summed E-state index contributed by atoms with van der Waals surface area (Å²) in [6, 6.07) is 16.5. The highest BCUT2D eigenvalue weighted by Crippen LogP contribution is 2.35. The largest absolute Gasteiger partial charge is 0.332 e. The van der Waals surface area contributed by atoms with E-state index in [1.165, 1.54) is 6.92 Å². The Labute approximate surface area is 121 Å². The topological polar surface area (TPSA) is 59.0 Å². The van der Waals surface area contributed by atoms with Gasteiger partial charge in [0.05, 0.1) is 5.69 Å². The highest BCUT2D eigenvalue weighted by molar-refractivity contribution is 6.55. The number of benzene rings is 2. The predicted molar refractivity (Wildman–Crippen MR) is 78.3 cm³/mol. The van der Waals surface area contributed by atoms with E-state index in [0.717, 1.165) is 11.4 Å². The second-order valence-corrected chi connectivity index (χ2v) is 4.52. The molecule has 0 saturated carbocycles. The monoisotopic (exact) mass is 280 g/mol. The maximum absolute atomic E-state index is 12.6. The van der Waals surface area contributed by atoms with Crippen molar-refractivity contribution in [2.24, 2.45) is 5.16 Å². The van der Waals surface area contributed by atoms with Crippen LogP contribution in [0.2, 0.25) is 0 Å². The first kappa shape index (κ1) is 13.1. The fraction of sp³-hybridized carbons (Fsp3) is 0.0625. The Morgan fingerprint density at radius 1 is 1.05 bits per heavy atom. The first-order valence-electron chi connectivity index (χ1n) is 6.43. The molecule has 1 aliphatic rings. The van der Waals surface area contributed by atoms with Gasteiger partial charge in [0, 0.05) is 18.2 Å². The van der Waals surface area contributed by atoms with Gasteiger partial charge in [0.2, 0.25) is 0 Å². The second kappa shape index (κ2) is 5.20. The molecule has 0 bridgehead atoms. The van der Waals surface area contributed by atoms with Crippen LogP contribution in [0.15, 0.2) is 59.8 Å². The molecule has 0 fully saturated rings. The molecular formula is C16H12N2O3. The van der Waals surface area contributed by atoms with E-state index in [4.69, 9.17) is 0 Å². The van der Waals surface area contributed by atoms with Crippen LogP contribution >= 0.6 is 0 Å². The first-order valence-corrected chi connectivity index (χ1v) is 6.43. The van der Waals surface area contributed by atoms with Gasteiger partial charge in [0.1, 0.15) is 0 Å². The molecule has 21 heavy (non-hydrogen) atoms. The van der Waals surface area contributed by atoms with Crippen molar-refractivity contribution >= 4 is 29.0 Å². The van der Waals surface area contributed by atoms with Gasteiger partial charge < -0.3 is 4.84 Å². The van der Waals surface area contributed by atoms with E-state index in [2.05, 4.69) is 9.99 Å². The minimum Gasteiger partial charge on any atom is -0.318 e. The third-order valence-corrected chi connectivity index (χ3v) is 3.09. The van der Waals surface area contributed by atoms with E-state index in [1.54, 1.807) is 11.0 Å². The molecule has 0 radical (unpaired) electrons. The Hall–Kier alpha value is -2.95. The molecule has 1 aliphatic heterocycles. The summed E-state index contributed by atoms with van der Waals surface area (Å²) in [6.07, 6.45) is 0. The summed E-state index contributed by atoms with van der Waals surface area (Å²) in [5.41, 5.74) is 2.24. The molecule has 2 aromatic rings. The van der Waals surface area contributed by atoms with Crippen molar-refractivity contribution in [2.45, 2.75) is 6.92 Å². The lowest BCUT2D eigenvalue weighted by Gasteiger charge is -2.16. The molecule has 0 spiro atoms. The molecule has 5 nitrogen and oxygen atoms in total. The fourth-order valence-electron chi connectivity index (χ4n) is 2.23. The minimum absolute atomic E-state index is 0.129. The minimum atomic E-state index is -0.564. The molecule has 1 heterocycles. The van der Waals surface area contributed by atoms with Crippen LogP contribution in [0, 0.1) is 0 Å². The van der Waals surface area contributed by atoms with Crippen LogP contribution in [0.3, 0.4) is 0 Å². The number of hydrogen-bond acceptors (Lipinski definition) is 4. The molecule has 0 aliphatic carbocycles. The van der Waals surface area contributed by atoms with Gasteiger partial charge >= 0.3 is 5.97 Å². The average molecular weight is 280 g/mol. The molecule has 104 valence electrons. The van der Waals surface area contributed by atoms with Crippen LogP contribution < -0.4 is 4.90 Å². The SMILES string of the molecule is CC(=O)O/N=C1\C(=O)N(c2ccccc2)c2ccccc21. The third kappa shape index (κ3) is 2.29. The summed E-state index contributed by atoms with van der Waals surface area (Å²) < 4.78 is 0. The predicted octanol–water partition coefficient (Wildman–Crippen LogP) is 2.63. The van der Waals surface area contributed by atoms with Crippen LogP contribution in [-0.2, 0) is 14.4 Å². The number of oxime groups is 1. The molecule has 3 rings (SSSR count). The number of fused-ring (bicyclic) bond motifs is 1. The molecule has 0 N–H and O–H groups in total. The first-order chi connectivity index (χ1) is 10.2. The number of hydrogen-bond donors (Lipinski definition) is 0. The summed E-state index contributed by atoms with van der Waals surface area (Å²) in [5.74, 6) is -0.880. The maximum Gasteiger partial charge on any atom is 0.332 e. The number of para-hydroxylation sites is 2. The number of carbonyl (C=O) groups excluding carboxylic acids is 2. The zero-order valence-electron chi connectivity index (χ0n) is 11.3. The van der Waals surface area contributed by atoms with Crippen molar-refractivity contribution in [1.82, 2.24) is 0 Å². The number of amides is 1. The van der Waals surface area contributed by atoms with Gasteiger partial charge in [-0.1, -0.05) is 41.6 Å². The van der Waals surface area contributed by atoms with Gasteiger partial charge in [-0.3, -0.25) is 9.69 Å². The van der Waals surface area contributed by atoms with Gasteiger partial charge in [-0.15, -0.1) is 0 Å². The zero-order chi connectivity index (χ0) is 14.8. The van der Waals surface area contributed by atoms with Gasteiger partial charge in [0.15, 0.2) is 5.71 Å². The van der Waals surface area contributed by atoms with Crippen molar-refractivity contribution in [2.75, 3.05) is 4.90 Å². The van der Waals surface area contributed by atoms with Gasteiger partial charge in [-0.05, 0) is 18.2 Å². The lowest BCUT2D eigenvalue weighted by molar-refractivity contribution is -0.140. The normalized spacial score (nSPS) is 15.2. The summed E-state index contributed by atoms with van der Waals surface area (Å²) in [4.78, 5) is 29.7. The van der Waals surface area contributed by atoms with Crippen molar-refractivity contribution in [3.05, 3.63) is 60.2 Å². The molecule has 0 aromatic heterocycles. The van der Waals surface area contributed by atoms with Crippen LogP contribution in [-0.4, -0.2) is 17.6 Å². The summed E-state index contributed by atoms with van der Waals surface area (Å²) in [5, 5.41) is 3.70. The van der Waals surface area contributed by atoms with Gasteiger partial charge in [-0.2, -0.15) is 0 Å². The van der Waals surface area contributed by atoms with E-state index < -0.39 is 5.97 Å². The van der Waals surface area contributed by atoms with Gasteiger partial charge in [0.25, 0.3) is 5.91 Å². The van der Waals surface area contributed by atoms with Crippen molar-refractivity contribution in [1.29, 1.82) is 0 Å². The Morgan fingerprint density at radius 3 is 2.43 bits per heavy atom. The molecule has 1 amide bonds. The molecule has 5 heteroatoms. The molecular weight excluding hydrogens is 268 g/mol. The van der Waals surface area contributed by atoms with E-state index in [-0.39, 0.29) is 11.6 Å². The van der Waals surface area contributed by atoms with Crippen LogP contribution in [0.5, 0.6) is 0 Å². The Kier molecular flexibility index (Phi) is 3.23. The van der Waals surface area contributed by atoms with E-state index >= 15 is 0 Å². The van der Waals surface area contributed by atoms with Crippen molar-refractivity contribution in [3.8, 4) is 0 Å². The lowest BCUT2D eigenvalue weighted by atomic mass is 10.1. The van der Waals surface area contributed by atoms with Gasteiger partial charge in [-0.25, -0.2) is 4.79 Å². The third-order valence-electron chi connectivity index (χ3n) is 3.09. The molecule has 0 unspecified atom stereocenters. The highest BCUT2D eigenvalue weighted by Gasteiger charge is 2.35. The highest BCUT2D eigenvalue weighted by atomic mass is 16.7. The van der Waals surface area contributed by atoms with E-state index in [0.29, 0.717) is 5.56 Å². The Balaban J connectivity index is 2.11. The average Bonchev–Trinajstić information content (AvgIpc) is 2.78. The van der Waals surface area contributed by atoms with Crippen LogP contribution in [0.25, 0.3) is 0 Å². The number of anilines is 2. The summed E-state index contributed by atoms with van der Waals surface area (Å²) in [6.45, 7) is 1.24. The Bertz CT molecular complexity index is 738. The fourth-order valence-corrected chi connectivity index (χ4v) is 2.23. The summed E-state index contributed by atoms with van der Waals surface area (Å²) >= 11 is 0. The van der Waals surface area contributed by atoms with Crippen molar-refractivity contribution in [3.63, 3.8) is 0 Å².